The first-order chi connectivity index (χ1) is 33.5. The number of aromatic nitrogens is 4. The van der Waals surface area contributed by atoms with E-state index in [0.29, 0.717) is 54.4 Å². The van der Waals surface area contributed by atoms with Crippen LogP contribution in [0.4, 0.5) is 0 Å². The zero-order chi connectivity index (χ0) is 51.0. The molecule has 0 spiro atoms. The van der Waals surface area contributed by atoms with Crippen LogP contribution in [-0.4, -0.2) is 88.7 Å². The molecule has 4 aliphatic rings. The molecule has 0 bridgehead atoms. The SMILES string of the molecule is CC1(C)CCCC(C)(C)O1.CCn1cc(C(=O)N2CC(C)(C)OC(C)(C)C2)c(=O)c2cc(OC3Cc4ccccc4C3)cnc21.CCn1cc(C(=O)O)c(=O)c2cc(OC3Cc4ccccc4C3)cnc21. The Morgan fingerprint density at radius 3 is 1.37 bits per heavy atom. The molecule has 14 nitrogen and oxygen atoms in total. The van der Waals surface area contributed by atoms with Gasteiger partial charge in [-0.3, -0.25) is 14.4 Å². The molecule has 1 amide bonds. The zero-order valence-corrected chi connectivity index (χ0v) is 43.0. The Morgan fingerprint density at radius 2 is 1.00 bits per heavy atom. The summed E-state index contributed by atoms with van der Waals surface area (Å²) in [6, 6.07) is 19.9. The van der Waals surface area contributed by atoms with Gasteiger partial charge in [-0.1, -0.05) is 48.5 Å². The van der Waals surface area contributed by atoms with Gasteiger partial charge in [-0.05, 0) is 123 Å². The Morgan fingerprint density at radius 1 is 0.620 bits per heavy atom. The Kier molecular flexibility index (Phi) is 14.4. The van der Waals surface area contributed by atoms with Crippen LogP contribution in [0.5, 0.6) is 11.5 Å². The van der Waals surface area contributed by atoms with E-state index in [-0.39, 0.29) is 51.3 Å². The van der Waals surface area contributed by atoms with Gasteiger partial charge in [0, 0.05) is 64.3 Å². The molecule has 0 atom stereocenters. The molecule has 14 heteroatoms. The number of morpholine rings is 1. The van der Waals surface area contributed by atoms with Crippen molar-refractivity contribution in [1.29, 1.82) is 0 Å². The van der Waals surface area contributed by atoms with Crippen LogP contribution < -0.4 is 20.3 Å². The van der Waals surface area contributed by atoms with Crippen molar-refractivity contribution in [2.75, 3.05) is 13.1 Å². The van der Waals surface area contributed by atoms with Gasteiger partial charge in [0.1, 0.15) is 46.1 Å². The van der Waals surface area contributed by atoms with Gasteiger partial charge < -0.3 is 38.1 Å². The number of carboxylic acid groups (broad SMARTS) is 1. The lowest BCUT2D eigenvalue weighted by Crippen LogP contribution is -2.59. The first-order valence-electron chi connectivity index (χ1n) is 25.0. The summed E-state index contributed by atoms with van der Waals surface area (Å²) < 4.78 is 27.8. The number of amides is 1. The lowest BCUT2D eigenvalue weighted by atomic mass is 9.89. The standard InChI is InChI=1S/C28H33N3O4.C20H18N2O4.C9H18O/c1-6-30-15-23(26(33)31-16-27(2,3)35-28(4,5)17-31)24(32)22-13-21(14-29-25(22)30)34-20-11-18-9-7-8-10-19(18)12-20;1-2-22-11-17(20(24)25)18(23)16-9-15(10-21-19(16)22)26-14-7-12-5-3-4-6-13(12)8-14;1-8(2)6-5-7-9(3,4)10-8/h7-10,13-15,20H,6,11-12,16-17H2,1-5H3;3-6,9-11,14H,2,7-8H2,1H3,(H,24,25);5-7H2,1-4H3. The molecule has 2 aliphatic carbocycles. The van der Waals surface area contributed by atoms with Gasteiger partial charge in [-0.15, -0.1) is 0 Å². The predicted octanol–water partition coefficient (Wildman–Crippen LogP) is 9.40. The van der Waals surface area contributed by atoms with Gasteiger partial charge in [0.15, 0.2) is 0 Å². The number of aromatic carboxylic acids is 1. The second-order valence-electron chi connectivity index (χ2n) is 21.8. The molecule has 1 N–H and O–H groups in total. The largest absolute Gasteiger partial charge is 0.488 e. The Balaban J connectivity index is 0.000000164. The second kappa shape index (κ2) is 20.0. The van der Waals surface area contributed by atoms with Crippen molar-refractivity contribution in [2.45, 2.75) is 162 Å². The van der Waals surface area contributed by atoms with Crippen LogP contribution in [0.25, 0.3) is 22.1 Å². The summed E-state index contributed by atoms with van der Waals surface area (Å²) in [5, 5.41) is 9.94. The maximum atomic E-state index is 13.6. The molecule has 4 aromatic heterocycles. The first-order valence-corrected chi connectivity index (χ1v) is 25.0. The number of ether oxygens (including phenoxy) is 4. The summed E-state index contributed by atoms with van der Waals surface area (Å²) in [7, 11) is 0. The number of hydrogen-bond donors (Lipinski definition) is 1. The molecule has 0 saturated carbocycles. The molecule has 0 unspecified atom stereocenters. The highest BCUT2D eigenvalue weighted by atomic mass is 16.5. The zero-order valence-electron chi connectivity index (χ0n) is 43.0. The van der Waals surface area contributed by atoms with Crippen LogP contribution in [0.15, 0.2) is 95.0 Å². The van der Waals surface area contributed by atoms with Crippen molar-refractivity contribution in [2.24, 2.45) is 0 Å². The van der Waals surface area contributed by atoms with Crippen LogP contribution in [0.1, 0.15) is 131 Å². The number of hydrogen-bond acceptors (Lipinski definition) is 10. The lowest BCUT2D eigenvalue weighted by Gasteiger charge is -2.47. The number of carbonyl (C=O) groups excluding carboxylic acids is 1. The van der Waals surface area contributed by atoms with Crippen molar-refractivity contribution in [3.05, 3.63) is 139 Å². The first kappa shape index (κ1) is 51.0. The van der Waals surface area contributed by atoms with Crippen LogP contribution >= 0.6 is 0 Å². The van der Waals surface area contributed by atoms with E-state index in [1.807, 2.05) is 70.4 Å². The highest BCUT2D eigenvalue weighted by Crippen LogP contribution is 2.35. The van der Waals surface area contributed by atoms with E-state index < -0.39 is 22.6 Å². The Bertz CT molecular complexity index is 3020. The summed E-state index contributed by atoms with van der Waals surface area (Å²) in [5.41, 5.74) is 4.42. The quantitative estimate of drug-likeness (QED) is 0.155. The third kappa shape index (κ3) is 11.7. The van der Waals surface area contributed by atoms with Gasteiger partial charge in [-0.25, -0.2) is 14.8 Å². The molecule has 6 heterocycles. The molecule has 2 fully saturated rings. The molecule has 2 aromatic carbocycles. The number of nitrogens with zero attached hydrogens (tertiary/aromatic N) is 5. The lowest BCUT2D eigenvalue weighted by molar-refractivity contribution is -0.171. The van der Waals surface area contributed by atoms with E-state index in [0.717, 1.165) is 25.7 Å². The van der Waals surface area contributed by atoms with E-state index in [2.05, 4.69) is 61.9 Å². The molecule has 6 aromatic rings. The number of aryl methyl sites for hydroxylation is 2. The maximum Gasteiger partial charge on any atom is 0.341 e. The van der Waals surface area contributed by atoms with Crippen molar-refractivity contribution in [3.63, 3.8) is 0 Å². The highest BCUT2D eigenvalue weighted by molar-refractivity contribution is 5.97. The normalized spacial score (nSPS) is 18.6. The van der Waals surface area contributed by atoms with Crippen LogP contribution in [0, 0.1) is 0 Å². The van der Waals surface area contributed by atoms with Crippen molar-refractivity contribution >= 4 is 33.9 Å². The third-order valence-electron chi connectivity index (χ3n) is 13.6. The fourth-order valence-electron chi connectivity index (χ4n) is 10.9. The molecule has 71 heavy (non-hydrogen) atoms. The summed E-state index contributed by atoms with van der Waals surface area (Å²) in [6.07, 6.45) is 13.2. The minimum absolute atomic E-state index is 0.00248. The van der Waals surface area contributed by atoms with Crippen LogP contribution in [0.3, 0.4) is 0 Å². The number of carbonyl (C=O) groups is 2. The molecular weight excluding hydrogens is 899 g/mol. The fourth-order valence-corrected chi connectivity index (χ4v) is 10.9. The van der Waals surface area contributed by atoms with Gasteiger partial charge in [0.05, 0.1) is 45.6 Å². The number of pyridine rings is 4. The number of fused-ring (bicyclic) bond motifs is 4. The van der Waals surface area contributed by atoms with E-state index >= 15 is 0 Å². The van der Waals surface area contributed by atoms with E-state index in [9.17, 15) is 24.3 Å². The van der Waals surface area contributed by atoms with Gasteiger partial charge in [-0.2, -0.15) is 0 Å². The van der Waals surface area contributed by atoms with Crippen molar-refractivity contribution in [1.82, 2.24) is 24.0 Å². The monoisotopic (exact) mass is 968 g/mol. The maximum absolute atomic E-state index is 13.6. The van der Waals surface area contributed by atoms with E-state index in [1.54, 1.807) is 40.2 Å². The van der Waals surface area contributed by atoms with Gasteiger partial charge in [0.25, 0.3) is 5.91 Å². The summed E-state index contributed by atoms with van der Waals surface area (Å²) >= 11 is 0. The number of rotatable bonds is 8. The minimum Gasteiger partial charge on any atom is -0.488 e. The third-order valence-corrected chi connectivity index (χ3v) is 13.6. The Labute approximate surface area is 415 Å². The van der Waals surface area contributed by atoms with Crippen LogP contribution in [-0.2, 0) is 48.2 Å². The topological polar surface area (TPSA) is 164 Å². The molecular formula is C57H69N5O9. The Hall–Kier alpha value is -6.38. The second-order valence-corrected chi connectivity index (χ2v) is 21.8. The average Bonchev–Trinajstić information content (AvgIpc) is 3.91. The molecule has 10 rings (SSSR count). The summed E-state index contributed by atoms with van der Waals surface area (Å²) in [4.78, 5) is 61.7. The number of carboxylic acids is 1. The van der Waals surface area contributed by atoms with Crippen LogP contribution in [0.2, 0.25) is 0 Å². The smallest absolute Gasteiger partial charge is 0.341 e. The van der Waals surface area contributed by atoms with Gasteiger partial charge >= 0.3 is 5.97 Å². The molecule has 2 aliphatic heterocycles. The fraction of sp³-hybridized carbons (Fsp3) is 0.474. The predicted molar refractivity (Wildman–Crippen MR) is 275 cm³/mol. The average molecular weight is 968 g/mol. The summed E-state index contributed by atoms with van der Waals surface area (Å²) in [5.74, 6) is -0.483. The van der Waals surface area contributed by atoms with Crippen molar-refractivity contribution in [3.8, 4) is 11.5 Å². The molecule has 376 valence electrons. The highest BCUT2D eigenvalue weighted by Gasteiger charge is 2.41. The van der Waals surface area contributed by atoms with Crippen molar-refractivity contribution < 1.29 is 33.6 Å². The number of benzene rings is 2. The molecule has 0 radical (unpaired) electrons. The summed E-state index contributed by atoms with van der Waals surface area (Å²) in [6.45, 7) is 22.3. The van der Waals surface area contributed by atoms with Gasteiger partial charge in [0.2, 0.25) is 10.9 Å². The minimum atomic E-state index is -1.24. The molecule has 2 saturated heterocycles. The van der Waals surface area contributed by atoms with E-state index in [1.165, 1.54) is 47.7 Å². The van der Waals surface area contributed by atoms with E-state index in [4.69, 9.17) is 18.9 Å².